The molecule has 1 aliphatic rings. The molecule has 0 aromatic heterocycles. The normalized spacial score (nSPS) is 21.4. The molecule has 0 amide bonds. The van der Waals surface area contributed by atoms with Crippen molar-refractivity contribution >= 4 is 23.2 Å². The van der Waals surface area contributed by atoms with Gasteiger partial charge in [-0.05, 0) is 32.4 Å². The number of fused-ring (bicyclic) bond motifs is 1. The fourth-order valence-electron chi connectivity index (χ4n) is 2.52. The van der Waals surface area contributed by atoms with Gasteiger partial charge in [-0.3, -0.25) is 0 Å². The van der Waals surface area contributed by atoms with Gasteiger partial charge in [-0.1, -0.05) is 23.2 Å². The average molecular weight is 304 g/mol. The topological polar surface area (TPSA) is 41.5 Å². The molecule has 3 atom stereocenters. The van der Waals surface area contributed by atoms with E-state index in [9.17, 15) is 5.11 Å². The largest absolute Gasteiger partial charge is 0.492 e. The van der Waals surface area contributed by atoms with Crippen LogP contribution in [-0.4, -0.2) is 23.9 Å². The van der Waals surface area contributed by atoms with Gasteiger partial charge in [0.2, 0.25) is 0 Å². The van der Waals surface area contributed by atoms with E-state index in [0.717, 1.165) is 17.7 Å². The molecule has 0 fully saturated rings. The first kappa shape index (κ1) is 14.9. The minimum Gasteiger partial charge on any atom is -0.492 e. The summed E-state index contributed by atoms with van der Waals surface area (Å²) >= 11 is 12.2. The maximum absolute atomic E-state index is 9.43. The maximum Gasteiger partial charge on any atom is 0.142 e. The van der Waals surface area contributed by atoms with Crippen LogP contribution in [0.2, 0.25) is 10.0 Å². The lowest BCUT2D eigenvalue weighted by molar-refractivity contribution is 0.163. The third-order valence-corrected chi connectivity index (χ3v) is 3.74. The number of aliphatic hydroxyl groups excluding tert-OH is 1. The molecule has 0 saturated carbocycles. The zero-order valence-electron chi connectivity index (χ0n) is 11.1. The molecule has 3 nitrogen and oxygen atoms in total. The van der Waals surface area contributed by atoms with Crippen LogP contribution >= 0.6 is 23.2 Å². The molecule has 19 heavy (non-hydrogen) atoms. The Kier molecular flexibility index (Phi) is 4.96. The quantitative estimate of drug-likeness (QED) is 0.893. The molecular formula is C14H19Cl2NO2. The molecular weight excluding hydrogens is 285 g/mol. The van der Waals surface area contributed by atoms with E-state index in [1.807, 2.05) is 6.07 Å². The number of benzene rings is 1. The van der Waals surface area contributed by atoms with Crippen molar-refractivity contribution in [2.75, 3.05) is 6.61 Å². The first-order chi connectivity index (χ1) is 8.97. The zero-order chi connectivity index (χ0) is 14.0. The minimum atomic E-state index is -0.315. The lowest BCUT2D eigenvalue weighted by atomic mass is 9.99. The van der Waals surface area contributed by atoms with Crippen LogP contribution in [0.3, 0.4) is 0 Å². The zero-order valence-corrected chi connectivity index (χ0v) is 12.6. The second-order valence-electron chi connectivity index (χ2n) is 5.15. The number of ether oxygens (including phenoxy) is 1. The summed E-state index contributed by atoms with van der Waals surface area (Å²) in [7, 11) is 0. The van der Waals surface area contributed by atoms with Crippen LogP contribution < -0.4 is 10.1 Å². The van der Waals surface area contributed by atoms with Gasteiger partial charge >= 0.3 is 0 Å². The molecule has 106 valence electrons. The molecule has 2 N–H and O–H groups in total. The van der Waals surface area contributed by atoms with Crippen LogP contribution in [-0.2, 0) is 0 Å². The smallest absolute Gasteiger partial charge is 0.142 e. The number of halogens is 2. The summed E-state index contributed by atoms with van der Waals surface area (Å²) in [5.74, 6) is 0.721. The Morgan fingerprint density at radius 2 is 2.16 bits per heavy atom. The van der Waals surface area contributed by atoms with Gasteiger partial charge < -0.3 is 15.2 Å². The van der Waals surface area contributed by atoms with Gasteiger partial charge in [0.1, 0.15) is 5.75 Å². The van der Waals surface area contributed by atoms with E-state index in [-0.39, 0.29) is 18.2 Å². The second-order valence-corrected chi connectivity index (χ2v) is 5.99. The molecule has 1 aliphatic heterocycles. The summed E-state index contributed by atoms with van der Waals surface area (Å²) in [5, 5.41) is 14.1. The lowest BCUT2D eigenvalue weighted by Gasteiger charge is -2.30. The Bertz CT molecular complexity index is 451. The first-order valence-corrected chi connectivity index (χ1v) is 7.29. The van der Waals surface area contributed by atoms with E-state index in [2.05, 4.69) is 12.2 Å². The van der Waals surface area contributed by atoms with Crippen molar-refractivity contribution in [3.05, 3.63) is 27.7 Å². The molecule has 0 aliphatic carbocycles. The number of hydrogen-bond acceptors (Lipinski definition) is 3. The van der Waals surface area contributed by atoms with Crippen molar-refractivity contribution in [2.24, 2.45) is 0 Å². The molecule has 0 bridgehead atoms. The Morgan fingerprint density at radius 3 is 2.84 bits per heavy atom. The van der Waals surface area contributed by atoms with Crippen molar-refractivity contribution in [2.45, 2.75) is 44.9 Å². The summed E-state index contributed by atoms with van der Waals surface area (Å²) in [5.41, 5.74) is 1.00. The molecule has 3 unspecified atom stereocenters. The van der Waals surface area contributed by atoms with Crippen LogP contribution in [0.25, 0.3) is 0 Å². The van der Waals surface area contributed by atoms with Gasteiger partial charge in [-0.25, -0.2) is 0 Å². The minimum absolute atomic E-state index is 0.161. The number of aliphatic hydroxyl groups is 1. The van der Waals surface area contributed by atoms with E-state index in [0.29, 0.717) is 23.1 Å². The van der Waals surface area contributed by atoms with Crippen LogP contribution in [0.5, 0.6) is 5.75 Å². The number of nitrogens with one attached hydrogen (secondary N) is 1. The van der Waals surface area contributed by atoms with Gasteiger partial charge in [0, 0.05) is 29.1 Å². The van der Waals surface area contributed by atoms with Gasteiger partial charge in [0.05, 0.1) is 17.7 Å². The summed E-state index contributed by atoms with van der Waals surface area (Å²) in [4.78, 5) is 0. The van der Waals surface area contributed by atoms with Crippen LogP contribution in [0.4, 0.5) is 0 Å². The summed E-state index contributed by atoms with van der Waals surface area (Å²) < 4.78 is 5.62. The lowest BCUT2D eigenvalue weighted by Crippen LogP contribution is -2.35. The monoisotopic (exact) mass is 303 g/mol. The molecule has 1 aromatic rings. The van der Waals surface area contributed by atoms with E-state index < -0.39 is 0 Å². The van der Waals surface area contributed by atoms with E-state index in [1.165, 1.54) is 0 Å². The SMILES string of the molecule is CC(O)CC(C)NC1CCOc2c(Cl)cc(Cl)cc21. The van der Waals surface area contributed by atoms with Gasteiger partial charge in [0.25, 0.3) is 0 Å². The molecule has 0 radical (unpaired) electrons. The first-order valence-electron chi connectivity index (χ1n) is 6.53. The second kappa shape index (κ2) is 6.31. The predicted octanol–water partition coefficient (Wildman–Crippen LogP) is 3.57. The van der Waals surface area contributed by atoms with Crippen molar-refractivity contribution in [3.63, 3.8) is 0 Å². The number of hydrogen-bond donors (Lipinski definition) is 2. The maximum atomic E-state index is 9.43. The molecule has 0 spiro atoms. The van der Waals surface area contributed by atoms with Gasteiger partial charge in [-0.2, -0.15) is 0 Å². The Balaban J connectivity index is 2.17. The Morgan fingerprint density at radius 1 is 1.42 bits per heavy atom. The standard InChI is InChI=1S/C14H19Cl2NO2/c1-8(5-9(2)18)17-13-3-4-19-14-11(13)6-10(15)7-12(14)16/h6-9,13,17-18H,3-5H2,1-2H3. The van der Waals surface area contributed by atoms with Crippen LogP contribution in [0.15, 0.2) is 12.1 Å². The number of rotatable bonds is 4. The molecule has 5 heteroatoms. The van der Waals surface area contributed by atoms with E-state index >= 15 is 0 Å². The third-order valence-electron chi connectivity index (χ3n) is 3.25. The third kappa shape index (κ3) is 3.76. The Labute approximate surface area is 123 Å². The van der Waals surface area contributed by atoms with Gasteiger partial charge in [0.15, 0.2) is 0 Å². The molecule has 2 rings (SSSR count). The summed E-state index contributed by atoms with van der Waals surface area (Å²) in [6.07, 6.45) is 1.26. The average Bonchev–Trinajstić information content (AvgIpc) is 2.29. The molecule has 1 heterocycles. The highest BCUT2D eigenvalue weighted by Gasteiger charge is 2.25. The van der Waals surface area contributed by atoms with Crippen LogP contribution in [0, 0.1) is 0 Å². The highest BCUT2D eigenvalue weighted by atomic mass is 35.5. The summed E-state index contributed by atoms with van der Waals surface area (Å²) in [6, 6.07) is 3.97. The fourth-order valence-corrected chi connectivity index (χ4v) is 3.09. The van der Waals surface area contributed by atoms with E-state index in [4.69, 9.17) is 27.9 Å². The van der Waals surface area contributed by atoms with E-state index in [1.54, 1.807) is 13.0 Å². The summed E-state index contributed by atoms with van der Waals surface area (Å²) in [6.45, 7) is 4.49. The Hall–Kier alpha value is -0.480. The van der Waals surface area contributed by atoms with Crippen molar-refractivity contribution in [1.29, 1.82) is 0 Å². The predicted molar refractivity (Wildman–Crippen MR) is 78.2 cm³/mol. The van der Waals surface area contributed by atoms with Crippen molar-refractivity contribution < 1.29 is 9.84 Å². The fraction of sp³-hybridized carbons (Fsp3) is 0.571. The molecule has 0 saturated heterocycles. The van der Waals surface area contributed by atoms with Crippen molar-refractivity contribution in [1.82, 2.24) is 5.32 Å². The van der Waals surface area contributed by atoms with Crippen LogP contribution in [0.1, 0.15) is 38.3 Å². The van der Waals surface area contributed by atoms with Gasteiger partial charge in [-0.15, -0.1) is 0 Å². The van der Waals surface area contributed by atoms with Crippen molar-refractivity contribution in [3.8, 4) is 5.75 Å². The molecule has 1 aromatic carbocycles. The highest BCUT2D eigenvalue weighted by Crippen LogP contribution is 2.40. The highest BCUT2D eigenvalue weighted by molar-refractivity contribution is 6.35.